The number of phenolic OH excluding ortho intramolecular Hbond substituents is 1. The predicted octanol–water partition coefficient (Wildman–Crippen LogP) is 2.95. The lowest BCUT2D eigenvalue weighted by atomic mass is 10.1. The molecule has 0 heterocycles. The topological polar surface area (TPSA) is 46.5 Å². The molecule has 1 aromatic rings. The van der Waals surface area contributed by atoms with Gasteiger partial charge in [0.15, 0.2) is 11.5 Å². The van der Waals surface area contributed by atoms with Crippen molar-refractivity contribution in [1.29, 1.82) is 0 Å². The van der Waals surface area contributed by atoms with Gasteiger partial charge in [0.1, 0.15) is 5.78 Å². The smallest absolute Gasteiger partial charge is 0.161 e. The summed E-state index contributed by atoms with van der Waals surface area (Å²) in [4.78, 5) is 10.9. The molecule has 0 bridgehead atoms. The van der Waals surface area contributed by atoms with Gasteiger partial charge in [-0.3, -0.25) is 4.79 Å². The number of carbonyl (C=O) groups excluding carboxylic acids is 1. The van der Waals surface area contributed by atoms with Gasteiger partial charge < -0.3 is 9.84 Å². The molecule has 1 rings (SSSR count). The third kappa shape index (κ3) is 4.15. The van der Waals surface area contributed by atoms with E-state index in [0.717, 1.165) is 11.1 Å². The molecule has 0 saturated carbocycles. The number of Topliss-reactive ketones (excluding diaryl/α,β-unsaturated/α-hetero) is 1. The zero-order chi connectivity index (χ0) is 12.8. The molecule has 0 unspecified atom stereocenters. The first-order valence-corrected chi connectivity index (χ1v) is 5.25. The number of methoxy groups -OCH3 is 1. The first kappa shape index (κ1) is 13.0. The molecule has 1 aromatic carbocycles. The molecule has 0 aliphatic rings. The molecular weight excluding hydrogens is 216 g/mol. The van der Waals surface area contributed by atoms with Gasteiger partial charge in [-0.2, -0.15) is 0 Å². The Kier molecular flexibility index (Phi) is 4.52. The van der Waals surface area contributed by atoms with Crippen molar-refractivity contribution >= 4 is 11.9 Å². The van der Waals surface area contributed by atoms with Gasteiger partial charge in [-0.15, -0.1) is 0 Å². The molecule has 0 amide bonds. The summed E-state index contributed by atoms with van der Waals surface area (Å²) in [6.45, 7) is 5.31. The standard InChI is InChI=1S/C14H16O3/c1-10(8-11(2)15)4-5-12-6-7-13(16)14(9-12)17-3/h4-7,9,16H,1,8H2,2-3H3/b5-4+. The van der Waals surface area contributed by atoms with Crippen molar-refractivity contribution in [2.24, 2.45) is 0 Å². The summed E-state index contributed by atoms with van der Waals surface area (Å²) in [7, 11) is 1.50. The number of benzene rings is 1. The highest BCUT2D eigenvalue weighted by Gasteiger charge is 2.00. The Labute approximate surface area is 101 Å². The first-order valence-electron chi connectivity index (χ1n) is 5.25. The van der Waals surface area contributed by atoms with E-state index in [-0.39, 0.29) is 11.5 Å². The molecule has 17 heavy (non-hydrogen) atoms. The molecule has 0 fully saturated rings. The summed E-state index contributed by atoms with van der Waals surface area (Å²) >= 11 is 0. The number of hydrogen-bond donors (Lipinski definition) is 1. The van der Waals surface area contributed by atoms with Crippen molar-refractivity contribution in [2.75, 3.05) is 7.11 Å². The third-order valence-electron chi connectivity index (χ3n) is 2.19. The highest BCUT2D eigenvalue weighted by molar-refractivity contribution is 5.79. The minimum atomic E-state index is 0.0861. The van der Waals surface area contributed by atoms with Gasteiger partial charge in [0, 0.05) is 6.42 Å². The molecule has 0 aliphatic heterocycles. The van der Waals surface area contributed by atoms with Crippen LogP contribution in [0.3, 0.4) is 0 Å². The highest BCUT2D eigenvalue weighted by Crippen LogP contribution is 2.26. The van der Waals surface area contributed by atoms with E-state index in [2.05, 4.69) is 6.58 Å². The molecular formula is C14H16O3. The first-order chi connectivity index (χ1) is 8.02. The highest BCUT2D eigenvalue weighted by atomic mass is 16.5. The van der Waals surface area contributed by atoms with Crippen molar-refractivity contribution in [3.05, 3.63) is 42.0 Å². The van der Waals surface area contributed by atoms with E-state index >= 15 is 0 Å². The fourth-order valence-corrected chi connectivity index (χ4v) is 1.39. The van der Waals surface area contributed by atoms with Crippen LogP contribution in [0, 0.1) is 0 Å². The molecule has 1 N–H and O–H groups in total. The molecule has 0 saturated heterocycles. The van der Waals surface area contributed by atoms with E-state index in [1.165, 1.54) is 14.0 Å². The Morgan fingerprint density at radius 3 is 2.82 bits per heavy atom. The number of ether oxygens (including phenoxy) is 1. The summed E-state index contributed by atoms with van der Waals surface area (Å²) < 4.78 is 5.00. The van der Waals surface area contributed by atoms with Crippen LogP contribution in [0.5, 0.6) is 11.5 Å². The van der Waals surface area contributed by atoms with E-state index in [1.54, 1.807) is 24.3 Å². The van der Waals surface area contributed by atoms with Crippen LogP contribution >= 0.6 is 0 Å². The van der Waals surface area contributed by atoms with Crippen molar-refractivity contribution in [2.45, 2.75) is 13.3 Å². The maximum atomic E-state index is 10.9. The molecule has 3 heteroatoms. The Morgan fingerprint density at radius 1 is 1.53 bits per heavy atom. The van der Waals surface area contributed by atoms with Gasteiger partial charge in [-0.25, -0.2) is 0 Å². The molecule has 0 radical (unpaired) electrons. The molecule has 90 valence electrons. The van der Waals surface area contributed by atoms with Gasteiger partial charge in [0.25, 0.3) is 0 Å². The maximum Gasteiger partial charge on any atom is 0.161 e. The van der Waals surface area contributed by atoms with Crippen LogP contribution in [-0.2, 0) is 4.79 Å². The number of phenols is 1. The second-order valence-electron chi connectivity index (χ2n) is 3.80. The van der Waals surface area contributed by atoms with Crippen LogP contribution in [0.25, 0.3) is 6.08 Å². The van der Waals surface area contributed by atoms with Crippen LogP contribution < -0.4 is 4.74 Å². The average Bonchev–Trinajstić information content (AvgIpc) is 2.27. The van der Waals surface area contributed by atoms with Gasteiger partial charge >= 0.3 is 0 Å². The minimum Gasteiger partial charge on any atom is -0.504 e. The lowest BCUT2D eigenvalue weighted by molar-refractivity contribution is -0.116. The summed E-state index contributed by atoms with van der Waals surface area (Å²) in [5.41, 5.74) is 1.63. The summed E-state index contributed by atoms with van der Waals surface area (Å²) in [5.74, 6) is 0.611. The SMILES string of the molecule is C=C(/C=C/c1ccc(O)c(OC)c1)CC(C)=O. The van der Waals surface area contributed by atoms with Crippen molar-refractivity contribution < 1.29 is 14.6 Å². The maximum absolute atomic E-state index is 10.9. The largest absolute Gasteiger partial charge is 0.504 e. The fraction of sp³-hybridized carbons (Fsp3) is 0.214. The molecule has 0 spiro atoms. The normalized spacial score (nSPS) is 10.5. The van der Waals surface area contributed by atoms with E-state index in [0.29, 0.717) is 12.2 Å². The van der Waals surface area contributed by atoms with Gasteiger partial charge in [-0.05, 0) is 30.2 Å². The quantitative estimate of drug-likeness (QED) is 0.794. The van der Waals surface area contributed by atoms with E-state index in [1.807, 2.05) is 6.08 Å². The molecule has 0 aromatic heterocycles. The number of hydrogen-bond acceptors (Lipinski definition) is 3. The van der Waals surface area contributed by atoms with E-state index < -0.39 is 0 Å². The van der Waals surface area contributed by atoms with Crippen molar-refractivity contribution in [3.8, 4) is 11.5 Å². The third-order valence-corrected chi connectivity index (χ3v) is 2.19. The van der Waals surface area contributed by atoms with Crippen molar-refractivity contribution in [1.82, 2.24) is 0 Å². The zero-order valence-corrected chi connectivity index (χ0v) is 10.1. The van der Waals surface area contributed by atoms with Crippen LogP contribution in [0.4, 0.5) is 0 Å². The number of allylic oxidation sites excluding steroid dienone is 2. The number of ketones is 1. The minimum absolute atomic E-state index is 0.0861. The van der Waals surface area contributed by atoms with Gasteiger partial charge in [0.2, 0.25) is 0 Å². The number of rotatable bonds is 5. The molecule has 0 atom stereocenters. The number of aromatic hydroxyl groups is 1. The second-order valence-corrected chi connectivity index (χ2v) is 3.80. The molecule has 0 aliphatic carbocycles. The van der Waals surface area contributed by atoms with E-state index in [4.69, 9.17) is 4.74 Å². The van der Waals surface area contributed by atoms with Crippen LogP contribution in [-0.4, -0.2) is 18.0 Å². The zero-order valence-electron chi connectivity index (χ0n) is 10.1. The van der Waals surface area contributed by atoms with E-state index in [9.17, 15) is 9.90 Å². The summed E-state index contributed by atoms with van der Waals surface area (Å²) in [5, 5.41) is 9.42. The Bertz CT molecular complexity index is 459. The molecule has 3 nitrogen and oxygen atoms in total. The van der Waals surface area contributed by atoms with Crippen molar-refractivity contribution in [3.63, 3.8) is 0 Å². The monoisotopic (exact) mass is 232 g/mol. The lowest BCUT2D eigenvalue weighted by Crippen LogP contribution is -1.89. The lowest BCUT2D eigenvalue weighted by Gasteiger charge is -2.03. The summed E-state index contributed by atoms with van der Waals surface area (Å²) in [6.07, 6.45) is 3.96. The fourth-order valence-electron chi connectivity index (χ4n) is 1.39. The Morgan fingerprint density at radius 2 is 2.24 bits per heavy atom. The predicted molar refractivity (Wildman–Crippen MR) is 68.1 cm³/mol. The second kappa shape index (κ2) is 5.89. The van der Waals surface area contributed by atoms with Gasteiger partial charge in [-0.1, -0.05) is 24.8 Å². The number of carbonyl (C=O) groups is 1. The van der Waals surface area contributed by atoms with Gasteiger partial charge in [0.05, 0.1) is 7.11 Å². The average molecular weight is 232 g/mol. The van der Waals surface area contributed by atoms with Crippen LogP contribution in [0.1, 0.15) is 18.9 Å². The Hall–Kier alpha value is -2.03. The van der Waals surface area contributed by atoms with Crippen LogP contribution in [0.15, 0.2) is 36.4 Å². The Balaban J connectivity index is 2.78. The summed E-state index contributed by atoms with van der Waals surface area (Å²) in [6, 6.07) is 5.04. The van der Waals surface area contributed by atoms with Crippen LogP contribution in [0.2, 0.25) is 0 Å².